The first-order chi connectivity index (χ1) is 13.6. The Morgan fingerprint density at radius 1 is 1.29 bits per heavy atom. The van der Waals surface area contributed by atoms with E-state index in [-0.39, 0.29) is 5.82 Å². The molecule has 0 unspecified atom stereocenters. The molecule has 0 saturated carbocycles. The number of piperidine rings is 1. The average molecular weight is 404 g/mol. The lowest BCUT2D eigenvalue weighted by atomic mass is 9.97. The number of halogens is 1. The van der Waals surface area contributed by atoms with Crippen molar-refractivity contribution >= 4 is 17.3 Å². The second-order valence-corrected chi connectivity index (χ2v) is 8.31. The highest BCUT2D eigenvalue weighted by Crippen LogP contribution is 2.19. The third-order valence-corrected chi connectivity index (χ3v) is 5.85. The Labute approximate surface area is 171 Å². The van der Waals surface area contributed by atoms with E-state index in [1.807, 2.05) is 13.0 Å². The first kappa shape index (κ1) is 20.7. The molecule has 1 aliphatic rings. The smallest absolute Gasteiger partial charge is 0.191 e. The summed E-state index contributed by atoms with van der Waals surface area (Å²) in [6.07, 6.45) is 2.34. The molecule has 1 aromatic heterocycles. The number of aromatic nitrogens is 1. The zero-order valence-electron chi connectivity index (χ0n) is 16.7. The monoisotopic (exact) mass is 403 g/mol. The summed E-state index contributed by atoms with van der Waals surface area (Å²) in [4.78, 5) is 11.6. The van der Waals surface area contributed by atoms with E-state index in [4.69, 9.17) is 0 Å². The Bertz CT molecular complexity index is 768. The van der Waals surface area contributed by atoms with Crippen LogP contribution in [0.3, 0.4) is 0 Å². The fourth-order valence-electron chi connectivity index (χ4n) is 3.43. The van der Waals surface area contributed by atoms with Crippen molar-refractivity contribution in [1.82, 2.24) is 20.5 Å². The van der Waals surface area contributed by atoms with E-state index in [1.54, 1.807) is 23.5 Å². The molecule has 0 spiro atoms. The van der Waals surface area contributed by atoms with Crippen LogP contribution >= 0.6 is 11.3 Å². The van der Waals surface area contributed by atoms with Gasteiger partial charge in [0.15, 0.2) is 5.96 Å². The molecule has 0 amide bonds. The van der Waals surface area contributed by atoms with Gasteiger partial charge in [-0.25, -0.2) is 14.4 Å². The molecule has 1 saturated heterocycles. The summed E-state index contributed by atoms with van der Waals surface area (Å²) in [7, 11) is 0. The number of nitrogens with one attached hydrogen (secondary N) is 2. The summed E-state index contributed by atoms with van der Waals surface area (Å²) in [6.45, 7) is 9.28. The quantitative estimate of drug-likeness (QED) is 0.548. The molecule has 2 N–H and O–H groups in total. The van der Waals surface area contributed by atoms with Gasteiger partial charge < -0.3 is 10.6 Å². The molecule has 7 heteroatoms. The zero-order valence-corrected chi connectivity index (χ0v) is 17.6. The minimum Gasteiger partial charge on any atom is -0.357 e. The van der Waals surface area contributed by atoms with Crippen LogP contribution in [0.1, 0.15) is 36.0 Å². The number of benzene rings is 1. The van der Waals surface area contributed by atoms with Crippen LogP contribution in [-0.2, 0) is 13.1 Å². The van der Waals surface area contributed by atoms with Gasteiger partial charge >= 0.3 is 0 Å². The van der Waals surface area contributed by atoms with E-state index in [2.05, 4.69) is 37.8 Å². The molecule has 2 aromatic rings. The van der Waals surface area contributed by atoms with Crippen LogP contribution in [-0.4, -0.2) is 42.0 Å². The predicted molar refractivity (Wildman–Crippen MR) is 114 cm³/mol. The third-order valence-electron chi connectivity index (χ3n) is 5.03. The molecule has 0 radical (unpaired) electrons. The Morgan fingerprint density at radius 3 is 2.75 bits per heavy atom. The summed E-state index contributed by atoms with van der Waals surface area (Å²) in [5.41, 5.74) is 1.80. The van der Waals surface area contributed by atoms with Gasteiger partial charge in [0.2, 0.25) is 0 Å². The first-order valence-corrected chi connectivity index (χ1v) is 10.9. The molecule has 1 aromatic carbocycles. The molecule has 0 bridgehead atoms. The molecule has 0 atom stereocenters. The molecule has 28 heavy (non-hydrogen) atoms. The number of hydrogen-bond donors (Lipinski definition) is 2. The lowest BCUT2D eigenvalue weighted by Gasteiger charge is -2.31. The number of thiazole rings is 1. The summed E-state index contributed by atoms with van der Waals surface area (Å²) in [5.74, 6) is 1.18. The van der Waals surface area contributed by atoms with Crippen LogP contribution in [0.15, 0.2) is 34.6 Å². The second kappa shape index (κ2) is 10.5. The van der Waals surface area contributed by atoms with E-state index < -0.39 is 0 Å². The fourth-order valence-corrected chi connectivity index (χ4v) is 4.04. The van der Waals surface area contributed by atoms with Crippen LogP contribution in [0.2, 0.25) is 0 Å². The van der Waals surface area contributed by atoms with Crippen LogP contribution in [0.25, 0.3) is 0 Å². The van der Waals surface area contributed by atoms with Gasteiger partial charge in [-0.2, -0.15) is 0 Å². The van der Waals surface area contributed by atoms with E-state index in [0.29, 0.717) is 18.0 Å². The van der Waals surface area contributed by atoms with Crippen LogP contribution in [0, 0.1) is 18.7 Å². The Balaban J connectivity index is 1.44. The lowest BCUT2D eigenvalue weighted by Crippen LogP contribution is -2.42. The number of hydrogen-bond acceptors (Lipinski definition) is 4. The van der Waals surface area contributed by atoms with Crippen molar-refractivity contribution in [3.63, 3.8) is 0 Å². The normalized spacial score (nSPS) is 16.3. The highest BCUT2D eigenvalue weighted by Gasteiger charge is 2.20. The number of guanidine groups is 1. The first-order valence-electron chi connectivity index (χ1n) is 10.0. The minimum absolute atomic E-state index is 0.204. The third kappa shape index (κ3) is 6.27. The van der Waals surface area contributed by atoms with Crippen LogP contribution in [0.5, 0.6) is 0 Å². The van der Waals surface area contributed by atoms with Gasteiger partial charge in [-0.1, -0.05) is 18.2 Å². The zero-order chi connectivity index (χ0) is 19.8. The predicted octanol–water partition coefficient (Wildman–Crippen LogP) is 3.56. The molecule has 1 fully saturated rings. The topological polar surface area (TPSA) is 52.6 Å². The number of aryl methyl sites for hydroxylation is 1. The van der Waals surface area contributed by atoms with Gasteiger partial charge in [-0.3, -0.25) is 4.90 Å². The molecular formula is C21H30FN5S. The molecule has 1 aliphatic heterocycles. The summed E-state index contributed by atoms with van der Waals surface area (Å²) >= 11 is 1.72. The van der Waals surface area contributed by atoms with E-state index in [9.17, 15) is 4.39 Å². The van der Waals surface area contributed by atoms with Crippen molar-refractivity contribution in [1.29, 1.82) is 0 Å². The highest BCUT2D eigenvalue weighted by molar-refractivity contribution is 7.09. The Kier molecular flexibility index (Phi) is 7.80. The van der Waals surface area contributed by atoms with Crippen LogP contribution in [0.4, 0.5) is 4.39 Å². The van der Waals surface area contributed by atoms with Crippen molar-refractivity contribution in [2.24, 2.45) is 10.9 Å². The molecule has 152 valence electrons. The SMILES string of the molecule is CCNC(=NCc1ccccc1F)NCC1CCN(Cc2csc(C)n2)CC1. The summed E-state index contributed by atoms with van der Waals surface area (Å²) in [5, 5.41) is 9.99. The van der Waals surface area contributed by atoms with Gasteiger partial charge in [0.05, 0.1) is 17.2 Å². The Morgan fingerprint density at radius 2 is 2.07 bits per heavy atom. The minimum atomic E-state index is -0.204. The van der Waals surface area contributed by atoms with Crippen LogP contribution < -0.4 is 10.6 Å². The fraction of sp³-hybridized carbons (Fsp3) is 0.524. The molecule has 0 aliphatic carbocycles. The molecule has 3 rings (SSSR count). The van der Waals surface area contributed by atoms with E-state index in [1.165, 1.54) is 24.6 Å². The Hall–Kier alpha value is -1.99. The van der Waals surface area contributed by atoms with Crippen molar-refractivity contribution in [3.05, 3.63) is 51.7 Å². The maximum Gasteiger partial charge on any atom is 0.191 e. The van der Waals surface area contributed by atoms with Gasteiger partial charge in [0.25, 0.3) is 0 Å². The van der Waals surface area contributed by atoms with Gasteiger partial charge in [-0.15, -0.1) is 11.3 Å². The summed E-state index contributed by atoms with van der Waals surface area (Å²) in [6, 6.07) is 6.80. The van der Waals surface area contributed by atoms with Crippen molar-refractivity contribution in [2.45, 2.75) is 39.8 Å². The number of nitrogens with zero attached hydrogens (tertiary/aromatic N) is 3. The number of likely N-dealkylation sites (tertiary alicyclic amines) is 1. The maximum absolute atomic E-state index is 13.8. The highest BCUT2D eigenvalue weighted by atomic mass is 32.1. The van der Waals surface area contributed by atoms with Crippen molar-refractivity contribution < 1.29 is 4.39 Å². The standard InChI is InChI=1S/C21H30FN5S/c1-3-23-21(25-13-18-6-4-5-7-20(18)22)24-12-17-8-10-27(11-9-17)14-19-15-28-16(2)26-19/h4-7,15,17H,3,8-14H2,1-2H3,(H2,23,24,25). The van der Waals surface area contributed by atoms with Gasteiger partial charge in [-0.05, 0) is 51.8 Å². The average Bonchev–Trinajstić information content (AvgIpc) is 3.11. The van der Waals surface area contributed by atoms with E-state index >= 15 is 0 Å². The second-order valence-electron chi connectivity index (χ2n) is 7.24. The summed E-state index contributed by atoms with van der Waals surface area (Å²) < 4.78 is 13.8. The lowest BCUT2D eigenvalue weighted by molar-refractivity contribution is 0.176. The molecule has 2 heterocycles. The number of aliphatic imine (C=N–C) groups is 1. The van der Waals surface area contributed by atoms with Gasteiger partial charge in [0.1, 0.15) is 5.82 Å². The molecular weight excluding hydrogens is 373 g/mol. The largest absolute Gasteiger partial charge is 0.357 e. The van der Waals surface area contributed by atoms with Gasteiger partial charge in [0, 0.05) is 30.6 Å². The number of rotatable bonds is 7. The van der Waals surface area contributed by atoms with Crippen molar-refractivity contribution in [3.8, 4) is 0 Å². The maximum atomic E-state index is 13.8. The van der Waals surface area contributed by atoms with E-state index in [0.717, 1.165) is 43.7 Å². The molecule has 5 nitrogen and oxygen atoms in total. The van der Waals surface area contributed by atoms with Crippen molar-refractivity contribution in [2.75, 3.05) is 26.2 Å².